The van der Waals surface area contributed by atoms with E-state index >= 15 is 0 Å². The molecule has 0 unspecified atom stereocenters. The molecular formula is C13H24N4. The monoisotopic (exact) mass is 236 g/mol. The molecule has 4 nitrogen and oxygen atoms in total. The van der Waals surface area contributed by atoms with E-state index < -0.39 is 0 Å². The van der Waals surface area contributed by atoms with Gasteiger partial charge in [-0.25, -0.2) is 0 Å². The Kier molecular flexibility index (Phi) is 4.57. The lowest BCUT2D eigenvalue weighted by Crippen LogP contribution is -2.37. The number of aryl methyl sites for hydroxylation is 1. The third kappa shape index (κ3) is 3.54. The number of nitrogens with one attached hydrogen (secondary N) is 1. The van der Waals surface area contributed by atoms with Crippen molar-refractivity contribution in [1.29, 1.82) is 0 Å². The molecule has 1 aromatic heterocycles. The van der Waals surface area contributed by atoms with Crippen LogP contribution in [0.15, 0.2) is 12.4 Å². The first-order valence-corrected chi connectivity index (χ1v) is 6.79. The van der Waals surface area contributed by atoms with Gasteiger partial charge in [0.25, 0.3) is 0 Å². The van der Waals surface area contributed by atoms with Crippen LogP contribution < -0.4 is 5.32 Å². The fourth-order valence-electron chi connectivity index (χ4n) is 2.45. The summed E-state index contributed by atoms with van der Waals surface area (Å²) in [4.78, 5) is 2.50. The van der Waals surface area contributed by atoms with Crippen LogP contribution in [0.3, 0.4) is 0 Å². The third-order valence-corrected chi connectivity index (χ3v) is 3.51. The number of nitrogens with zero attached hydrogens (tertiary/aromatic N) is 3. The molecule has 0 bridgehead atoms. The molecule has 0 aromatic carbocycles. The SMILES string of the molecule is CCN(Cc1cnn(CC)c1)C[C@@H]1CCCN1. The topological polar surface area (TPSA) is 33.1 Å². The number of aromatic nitrogens is 2. The third-order valence-electron chi connectivity index (χ3n) is 3.51. The summed E-state index contributed by atoms with van der Waals surface area (Å²) in [7, 11) is 0. The van der Waals surface area contributed by atoms with Gasteiger partial charge in [0.05, 0.1) is 6.20 Å². The van der Waals surface area contributed by atoms with Gasteiger partial charge in [0, 0.05) is 37.4 Å². The Morgan fingerprint density at radius 1 is 1.53 bits per heavy atom. The van der Waals surface area contributed by atoms with Crippen LogP contribution in [-0.2, 0) is 13.1 Å². The molecule has 1 N–H and O–H groups in total. The van der Waals surface area contributed by atoms with Crippen LogP contribution in [0.2, 0.25) is 0 Å². The molecule has 2 rings (SSSR count). The van der Waals surface area contributed by atoms with Crippen LogP contribution in [0.5, 0.6) is 0 Å². The van der Waals surface area contributed by atoms with Crippen LogP contribution in [-0.4, -0.2) is 40.4 Å². The lowest BCUT2D eigenvalue weighted by molar-refractivity contribution is 0.253. The Morgan fingerprint density at radius 2 is 2.41 bits per heavy atom. The highest BCUT2D eigenvalue weighted by atomic mass is 15.3. The van der Waals surface area contributed by atoms with Gasteiger partial charge in [-0.3, -0.25) is 9.58 Å². The zero-order valence-corrected chi connectivity index (χ0v) is 11.0. The molecule has 96 valence electrons. The summed E-state index contributed by atoms with van der Waals surface area (Å²) in [5, 5.41) is 7.89. The second-order valence-electron chi connectivity index (χ2n) is 4.83. The van der Waals surface area contributed by atoms with Gasteiger partial charge in [-0.15, -0.1) is 0 Å². The van der Waals surface area contributed by atoms with E-state index in [1.165, 1.54) is 24.9 Å². The van der Waals surface area contributed by atoms with Gasteiger partial charge in [-0.2, -0.15) is 5.10 Å². The van der Waals surface area contributed by atoms with Crippen molar-refractivity contribution in [1.82, 2.24) is 20.0 Å². The maximum atomic E-state index is 4.33. The molecule has 17 heavy (non-hydrogen) atoms. The van der Waals surface area contributed by atoms with Crippen LogP contribution in [0.4, 0.5) is 0 Å². The Balaban J connectivity index is 1.85. The van der Waals surface area contributed by atoms with Crippen molar-refractivity contribution in [2.24, 2.45) is 0 Å². The maximum absolute atomic E-state index is 4.33. The molecule has 1 saturated heterocycles. The van der Waals surface area contributed by atoms with E-state index in [0.29, 0.717) is 6.04 Å². The van der Waals surface area contributed by atoms with E-state index in [4.69, 9.17) is 0 Å². The Bertz CT molecular complexity index is 328. The maximum Gasteiger partial charge on any atom is 0.0534 e. The first kappa shape index (κ1) is 12.6. The molecule has 1 aliphatic rings. The molecule has 2 heterocycles. The van der Waals surface area contributed by atoms with Crippen molar-refractivity contribution >= 4 is 0 Å². The largest absolute Gasteiger partial charge is 0.313 e. The highest BCUT2D eigenvalue weighted by Crippen LogP contribution is 2.10. The summed E-state index contributed by atoms with van der Waals surface area (Å²) >= 11 is 0. The zero-order chi connectivity index (χ0) is 12.1. The first-order chi connectivity index (χ1) is 8.31. The van der Waals surface area contributed by atoms with E-state index in [0.717, 1.165) is 26.2 Å². The molecular weight excluding hydrogens is 212 g/mol. The fraction of sp³-hybridized carbons (Fsp3) is 0.769. The van der Waals surface area contributed by atoms with E-state index in [-0.39, 0.29) is 0 Å². The molecule has 0 spiro atoms. The average Bonchev–Trinajstić information content (AvgIpc) is 2.99. The Hall–Kier alpha value is -0.870. The van der Waals surface area contributed by atoms with Crippen molar-refractivity contribution < 1.29 is 0 Å². The summed E-state index contributed by atoms with van der Waals surface area (Å²) < 4.78 is 2.00. The minimum absolute atomic E-state index is 0.691. The van der Waals surface area contributed by atoms with Gasteiger partial charge < -0.3 is 5.32 Å². The van der Waals surface area contributed by atoms with E-state index in [1.807, 2.05) is 10.9 Å². The minimum Gasteiger partial charge on any atom is -0.313 e. The molecule has 1 fully saturated rings. The number of rotatable bonds is 6. The van der Waals surface area contributed by atoms with Crippen LogP contribution in [0, 0.1) is 0 Å². The van der Waals surface area contributed by atoms with Crippen molar-refractivity contribution in [2.45, 2.75) is 45.8 Å². The normalized spacial score (nSPS) is 20.3. The number of likely N-dealkylation sites (N-methyl/N-ethyl adjacent to an activating group) is 1. The molecule has 0 aliphatic carbocycles. The van der Waals surface area contributed by atoms with E-state index in [2.05, 4.69) is 35.4 Å². The van der Waals surface area contributed by atoms with Gasteiger partial charge in [0.15, 0.2) is 0 Å². The summed E-state index contributed by atoms with van der Waals surface area (Å²) in [6.07, 6.45) is 6.81. The van der Waals surface area contributed by atoms with Gasteiger partial charge in [0.1, 0.15) is 0 Å². The molecule has 1 atom stereocenters. The van der Waals surface area contributed by atoms with Gasteiger partial charge in [0.2, 0.25) is 0 Å². The van der Waals surface area contributed by atoms with Gasteiger partial charge in [-0.05, 0) is 32.9 Å². The van der Waals surface area contributed by atoms with Crippen LogP contribution in [0.1, 0.15) is 32.3 Å². The summed E-state index contributed by atoms with van der Waals surface area (Å²) in [6, 6.07) is 0.691. The standard InChI is InChI=1S/C13H24N4/c1-3-16(11-13-6-5-7-14-13)9-12-8-15-17(4-2)10-12/h8,10,13-14H,3-7,9,11H2,1-2H3/t13-/m0/s1. The average molecular weight is 236 g/mol. The smallest absolute Gasteiger partial charge is 0.0534 e. The van der Waals surface area contributed by atoms with E-state index in [1.54, 1.807) is 0 Å². The van der Waals surface area contributed by atoms with Crippen molar-refractivity contribution in [2.75, 3.05) is 19.6 Å². The minimum atomic E-state index is 0.691. The first-order valence-electron chi connectivity index (χ1n) is 6.79. The molecule has 0 saturated carbocycles. The highest BCUT2D eigenvalue weighted by molar-refractivity contribution is 5.03. The van der Waals surface area contributed by atoms with E-state index in [9.17, 15) is 0 Å². The summed E-state index contributed by atoms with van der Waals surface area (Å²) in [5.74, 6) is 0. The van der Waals surface area contributed by atoms with Crippen molar-refractivity contribution in [3.05, 3.63) is 18.0 Å². The summed E-state index contributed by atoms with van der Waals surface area (Å²) in [5.41, 5.74) is 1.33. The number of hydrogen-bond acceptors (Lipinski definition) is 3. The Morgan fingerprint density at radius 3 is 3.00 bits per heavy atom. The van der Waals surface area contributed by atoms with Crippen molar-refractivity contribution in [3.8, 4) is 0 Å². The number of hydrogen-bond donors (Lipinski definition) is 1. The molecule has 1 aliphatic heterocycles. The van der Waals surface area contributed by atoms with Crippen LogP contribution >= 0.6 is 0 Å². The van der Waals surface area contributed by atoms with Gasteiger partial charge >= 0.3 is 0 Å². The lowest BCUT2D eigenvalue weighted by atomic mass is 10.2. The summed E-state index contributed by atoms with van der Waals surface area (Å²) in [6.45, 7) is 9.79. The quantitative estimate of drug-likeness (QED) is 0.812. The lowest BCUT2D eigenvalue weighted by Gasteiger charge is -2.23. The second kappa shape index (κ2) is 6.17. The molecule has 0 amide bonds. The second-order valence-corrected chi connectivity index (χ2v) is 4.83. The fourth-order valence-corrected chi connectivity index (χ4v) is 2.45. The Labute approximate surface area is 104 Å². The van der Waals surface area contributed by atoms with Crippen LogP contribution in [0.25, 0.3) is 0 Å². The molecule has 4 heteroatoms. The zero-order valence-electron chi connectivity index (χ0n) is 11.0. The molecule has 1 aromatic rings. The predicted octanol–water partition coefficient (Wildman–Crippen LogP) is 1.48. The predicted molar refractivity (Wildman–Crippen MR) is 69.9 cm³/mol. The van der Waals surface area contributed by atoms with Crippen molar-refractivity contribution in [3.63, 3.8) is 0 Å². The van der Waals surface area contributed by atoms with Gasteiger partial charge in [-0.1, -0.05) is 6.92 Å². The molecule has 0 radical (unpaired) electrons. The highest BCUT2D eigenvalue weighted by Gasteiger charge is 2.17.